The Morgan fingerprint density at radius 1 is 1.22 bits per heavy atom. The number of aryl methyl sites for hydroxylation is 1. The van der Waals surface area contributed by atoms with E-state index in [1.54, 1.807) is 11.8 Å². The average molecular weight is 658 g/mol. The van der Waals surface area contributed by atoms with E-state index in [1.807, 2.05) is 0 Å². The topological polar surface area (TPSA) is 122 Å². The Hall–Kier alpha value is -3.04. The summed E-state index contributed by atoms with van der Waals surface area (Å²) < 4.78 is 105. The van der Waals surface area contributed by atoms with E-state index in [4.69, 9.17) is 10.5 Å². The molecule has 246 valence electrons. The van der Waals surface area contributed by atoms with Gasteiger partial charge in [0.1, 0.15) is 12.4 Å². The number of benzene rings is 1. The molecule has 9 nitrogen and oxygen atoms in total. The number of aliphatic hydroxyl groups is 1. The van der Waals surface area contributed by atoms with Crippen molar-refractivity contribution in [1.82, 2.24) is 14.9 Å². The number of sulfone groups is 1. The van der Waals surface area contributed by atoms with Crippen LogP contribution in [0.15, 0.2) is 18.0 Å². The Morgan fingerprint density at radius 2 is 1.96 bits per heavy atom. The first-order valence-electron chi connectivity index (χ1n) is 14.9. The number of alkyl halides is 3. The van der Waals surface area contributed by atoms with Crippen LogP contribution >= 0.6 is 0 Å². The molecule has 0 aliphatic carbocycles. The summed E-state index contributed by atoms with van der Waals surface area (Å²) >= 11 is 0. The number of ether oxygens (including phenoxy) is 1. The van der Waals surface area contributed by atoms with E-state index >= 15 is 4.39 Å². The van der Waals surface area contributed by atoms with E-state index in [9.17, 15) is 31.1 Å². The van der Waals surface area contributed by atoms with Crippen LogP contribution in [0.1, 0.15) is 72.2 Å². The molecule has 5 heterocycles. The first kappa shape index (κ1) is 31.9. The number of hydrogen-bond acceptors (Lipinski definition) is 9. The maximum absolute atomic E-state index is 15.5. The molecule has 15 heteroatoms. The van der Waals surface area contributed by atoms with Crippen molar-refractivity contribution < 1.29 is 40.2 Å². The molecule has 3 N–H and O–H groups in total. The van der Waals surface area contributed by atoms with Crippen LogP contribution in [0.5, 0.6) is 6.01 Å². The summed E-state index contributed by atoms with van der Waals surface area (Å²) in [5, 5.41) is 8.91. The number of β-amino-alcohol motifs (C(OH)–C–C–N with tert-alkyl or cyclic N) is 1. The first-order chi connectivity index (χ1) is 21.0. The Balaban J connectivity index is 1.44. The zero-order valence-corrected chi connectivity index (χ0v) is 25.9. The lowest BCUT2D eigenvalue weighted by Gasteiger charge is -2.39. The van der Waals surface area contributed by atoms with E-state index in [0.29, 0.717) is 44.3 Å². The van der Waals surface area contributed by atoms with Gasteiger partial charge in [0.25, 0.3) is 0 Å². The standard InChI is InChI=1S/C30H36F5N5O4S/c1-17-9-20(36)25(32)23(24(17)30(33,34)35)22-10-21-19(14-45(22,42)43)26(39-7-3-5-28(2,41)15-39)38-27(37-21)44-16-29-6-4-8-40(29)13-18(11-29)12-31/h9,12,22,41H,3-8,10-11,13-16,36H2,1-2H3/t22-,28+,29-/m0/s1. The number of aromatic nitrogens is 2. The highest BCUT2D eigenvalue weighted by Crippen LogP contribution is 2.47. The molecule has 4 aliphatic heterocycles. The fraction of sp³-hybridized carbons (Fsp3) is 0.600. The molecule has 0 spiro atoms. The number of hydrogen-bond donors (Lipinski definition) is 2. The molecule has 4 aliphatic rings. The lowest BCUT2D eigenvalue weighted by atomic mass is 9.93. The summed E-state index contributed by atoms with van der Waals surface area (Å²) in [7, 11) is -4.43. The van der Waals surface area contributed by atoms with Crippen molar-refractivity contribution in [2.45, 2.75) is 80.7 Å². The maximum atomic E-state index is 15.5. The highest BCUT2D eigenvalue weighted by Gasteiger charge is 2.48. The highest BCUT2D eigenvalue weighted by molar-refractivity contribution is 7.91. The molecule has 45 heavy (non-hydrogen) atoms. The highest BCUT2D eigenvalue weighted by atomic mass is 32.2. The van der Waals surface area contributed by atoms with Crippen molar-refractivity contribution in [3.8, 4) is 6.01 Å². The molecule has 1 aromatic heterocycles. The number of nitrogens with zero attached hydrogens (tertiary/aromatic N) is 4. The SMILES string of the molecule is Cc1cc(N)c(F)c([C@@H]2Cc3nc(OC[C@@]45CCCN4CC(=CF)C5)nc(N4CCC[C@@](C)(O)C4)c3CS2(=O)=O)c1C(F)(F)F. The van der Waals surface area contributed by atoms with Gasteiger partial charge in [0.2, 0.25) is 0 Å². The van der Waals surface area contributed by atoms with E-state index in [2.05, 4.69) is 14.9 Å². The van der Waals surface area contributed by atoms with Crippen molar-refractivity contribution >= 4 is 21.3 Å². The number of piperidine rings is 1. The van der Waals surface area contributed by atoms with E-state index in [1.165, 1.54) is 0 Å². The number of nitrogen functional groups attached to an aromatic ring is 1. The van der Waals surface area contributed by atoms with Gasteiger partial charge < -0.3 is 20.5 Å². The Labute approximate surface area is 258 Å². The van der Waals surface area contributed by atoms with Gasteiger partial charge in [-0.05, 0) is 69.7 Å². The van der Waals surface area contributed by atoms with E-state index in [-0.39, 0.29) is 41.8 Å². The summed E-state index contributed by atoms with van der Waals surface area (Å²) in [5.41, 5.74) is 1.71. The van der Waals surface area contributed by atoms with Gasteiger partial charge >= 0.3 is 12.2 Å². The van der Waals surface area contributed by atoms with Crippen molar-refractivity contribution in [1.29, 1.82) is 0 Å². The van der Waals surface area contributed by atoms with Gasteiger partial charge in [0.05, 0.1) is 45.4 Å². The number of halogens is 5. The Kier molecular flexibility index (Phi) is 7.83. The second kappa shape index (κ2) is 11.0. The summed E-state index contributed by atoms with van der Waals surface area (Å²) in [6.45, 7) is 4.69. The van der Waals surface area contributed by atoms with Crippen molar-refractivity contribution in [3.63, 3.8) is 0 Å². The quantitative estimate of drug-likeness (QED) is 0.352. The largest absolute Gasteiger partial charge is 0.461 e. The van der Waals surface area contributed by atoms with Gasteiger partial charge in [-0.25, -0.2) is 17.2 Å². The minimum atomic E-state index is -5.05. The van der Waals surface area contributed by atoms with Gasteiger partial charge in [-0.15, -0.1) is 0 Å². The van der Waals surface area contributed by atoms with Crippen LogP contribution in [-0.4, -0.2) is 72.3 Å². The molecule has 0 radical (unpaired) electrons. The summed E-state index contributed by atoms with van der Waals surface area (Å²) in [4.78, 5) is 13.0. The van der Waals surface area contributed by atoms with E-state index in [0.717, 1.165) is 32.4 Å². The minimum Gasteiger partial charge on any atom is -0.461 e. The first-order valence-corrected chi connectivity index (χ1v) is 16.7. The summed E-state index contributed by atoms with van der Waals surface area (Å²) in [5.74, 6) is -1.97. The van der Waals surface area contributed by atoms with Crippen LogP contribution in [0.4, 0.5) is 33.5 Å². The molecule has 3 saturated heterocycles. The molecule has 3 atom stereocenters. The van der Waals surface area contributed by atoms with Crippen LogP contribution in [0.2, 0.25) is 0 Å². The zero-order valence-electron chi connectivity index (χ0n) is 25.1. The molecule has 3 fully saturated rings. The Bertz CT molecular complexity index is 1660. The van der Waals surface area contributed by atoms with Crippen LogP contribution in [-0.2, 0) is 28.2 Å². The zero-order chi connectivity index (χ0) is 32.5. The second-order valence-corrected chi connectivity index (χ2v) is 15.3. The average Bonchev–Trinajstić information content (AvgIpc) is 3.49. The molecule has 6 rings (SSSR count). The minimum absolute atomic E-state index is 0.114. The number of nitrogens with two attached hydrogens (primary N) is 1. The monoisotopic (exact) mass is 657 g/mol. The van der Waals surface area contributed by atoms with Crippen molar-refractivity contribution in [2.24, 2.45) is 0 Å². The summed E-state index contributed by atoms with van der Waals surface area (Å²) in [6, 6.07) is 0.726. The van der Waals surface area contributed by atoms with Crippen LogP contribution in [0.25, 0.3) is 0 Å². The van der Waals surface area contributed by atoms with Gasteiger partial charge in [-0.1, -0.05) is 0 Å². The third-order valence-corrected chi connectivity index (χ3v) is 11.6. The second-order valence-electron chi connectivity index (χ2n) is 13.1. The third kappa shape index (κ3) is 5.75. The van der Waals surface area contributed by atoms with Gasteiger partial charge in [0.15, 0.2) is 15.7 Å². The predicted molar refractivity (Wildman–Crippen MR) is 157 cm³/mol. The molecule has 1 aromatic carbocycles. The lowest BCUT2D eigenvalue weighted by molar-refractivity contribution is -0.138. The van der Waals surface area contributed by atoms with Gasteiger partial charge in [-0.3, -0.25) is 4.90 Å². The van der Waals surface area contributed by atoms with Gasteiger partial charge in [-0.2, -0.15) is 23.1 Å². The fourth-order valence-corrected chi connectivity index (χ4v) is 9.49. The van der Waals surface area contributed by atoms with Crippen LogP contribution < -0.4 is 15.4 Å². The molecule has 2 aromatic rings. The van der Waals surface area contributed by atoms with Gasteiger partial charge in [0, 0.05) is 37.2 Å². The molecular weight excluding hydrogens is 621 g/mol. The Morgan fingerprint density at radius 3 is 2.64 bits per heavy atom. The fourth-order valence-electron chi connectivity index (χ4n) is 7.60. The number of rotatable bonds is 5. The molecular formula is C30H36F5N5O4S. The molecule has 0 unspecified atom stereocenters. The number of anilines is 2. The van der Waals surface area contributed by atoms with E-state index < -0.39 is 67.2 Å². The van der Waals surface area contributed by atoms with Crippen molar-refractivity contribution in [2.75, 3.05) is 43.4 Å². The molecule has 0 bridgehead atoms. The smallest absolute Gasteiger partial charge is 0.417 e. The number of fused-ring (bicyclic) bond motifs is 2. The predicted octanol–water partition coefficient (Wildman–Crippen LogP) is 4.56. The van der Waals surface area contributed by atoms with Crippen LogP contribution in [0, 0.1) is 12.7 Å². The third-order valence-electron chi connectivity index (χ3n) is 9.63. The normalized spacial score (nSPS) is 29.2. The summed E-state index contributed by atoms with van der Waals surface area (Å²) in [6.07, 6.45) is -1.79. The molecule has 0 amide bonds. The maximum Gasteiger partial charge on any atom is 0.417 e. The lowest BCUT2D eigenvalue weighted by Crippen LogP contribution is -2.47. The molecule has 0 saturated carbocycles. The van der Waals surface area contributed by atoms with Crippen LogP contribution in [0.3, 0.4) is 0 Å². The van der Waals surface area contributed by atoms with Crippen molar-refractivity contribution in [3.05, 3.63) is 51.7 Å².